The van der Waals surface area contributed by atoms with E-state index in [1.807, 2.05) is 6.92 Å². The largest absolute Gasteiger partial charge is 0.370 e. The van der Waals surface area contributed by atoms with Crippen LogP contribution >= 0.6 is 12.3 Å². The second-order valence-electron chi connectivity index (χ2n) is 2.50. The summed E-state index contributed by atoms with van der Waals surface area (Å²) in [6.45, 7) is 2.01. The molecule has 0 aromatic heterocycles. The number of nitrogens with two attached hydrogens (primary N) is 1. The van der Waals surface area contributed by atoms with E-state index in [1.165, 1.54) is 7.11 Å². The van der Waals surface area contributed by atoms with Crippen molar-refractivity contribution < 1.29 is 17.9 Å². The normalized spacial score (nSPS) is 12.8. The van der Waals surface area contributed by atoms with Crippen LogP contribution in [0.2, 0.25) is 0 Å². The number of carbonyl (C=O) groups excluding carboxylic acids is 1. The van der Waals surface area contributed by atoms with Gasteiger partial charge in [0.05, 0.1) is 6.10 Å². The van der Waals surface area contributed by atoms with Gasteiger partial charge in [0.2, 0.25) is 5.91 Å². The lowest BCUT2D eigenvalue weighted by atomic mass is 10.2. The number of methoxy groups -OCH3 is 1. The number of ether oxygens (including phenoxy) is 1. The van der Waals surface area contributed by atoms with E-state index in [-0.39, 0.29) is 18.8 Å². The highest BCUT2D eigenvalue weighted by Crippen LogP contribution is 2.12. The zero-order valence-electron chi connectivity index (χ0n) is 7.82. The number of hydrogen-bond donors (Lipinski definition) is 1. The molecule has 0 fully saturated rings. The Hall–Kier alpha value is -0.300. The molecule has 0 bridgehead atoms. The summed E-state index contributed by atoms with van der Waals surface area (Å²) in [6.07, 6.45) is 0.861. The van der Waals surface area contributed by atoms with Gasteiger partial charge in [-0.05, 0) is 13.3 Å². The predicted octanol–water partition coefficient (Wildman–Crippen LogP) is 0.841. The van der Waals surface area contributed by atoms with Crippen LogP contribution in [0.1, 0.15) is 19.8 Å². The minimum Gasteiger partial charge on any atom is -0.370 e. The van der Waals surface area contributed by atoms with Crippen molar-refractivity contribution in [2.45, 2.75) is 25.9 Å². The van der Waals surface area contributed by atoms with Crippen LogP contribution in [0.15, 0.2) is 0 Å². The maximum Gasteiger partial charge on any atom is 0.217 e. The van der Waals surface area contributed by atoms with Crippen LogP contribution in [0.3, 0.4) is 0 Å². The fourth-order valence-electron chi connectivity index (χ4n) is 0.556. The lowest BCUT2D eigenvalue weighted by molar-refractivity contribution is -0.118. The number of amides is 1. The second-order valence-corrected chi connectivity index (χ2v) is 3.07. The maximum absolute atomic E-state index is 10.4. The third-order valence-electron chi connectivity index (χ3n) is 1.21. The minimum absolute atomic E-state index is 0.0608. The first kappa shape index (κ1) is 12.7. The van der Waals surface area contributed by atoms with E-state index in [4.69, 9.17) is 14.1 Å². The standard InChI is InChI=1S/C7H15NO4S/c1-6(3-4-7(8)9)12-13-11-5-10-2/h6H,3-5H2,1-2H3,(H2,8,9). The Labute approximate surface area is 82.3 Å². The van der Waals surface area contributed by atoms with Crippen LogP contribution < -0.4 is 5.73 Å². The Balaban J connectivity index is 3.19. The number of hydrogen-bond acceptors (Lipinski definition) is 5. The third kappa shape index (κ3) is 9.62. The van der Waals surface area contributed by atoms with E-state index in [2.05, 4.69) is 4.74 Å². The summed E-state index contributed by atoms with van der Waals surface area (Å²) in [7, 11) is 1.52. The first-order chi connectivity index (χ1) is 6.16. The van der Waals surface area contributed by atoms with E-state index in [9.17, 15) is 4.79 Å². The van der Waals surface area contributed by atoms with Gasteiger partial charge in [-0.2, -0.15) is 0 Å². The van der Waals surface area contributed by atoms with E-state index in [0.717, 1.165) is 12.3 Å². The maximum atomic E-state index is 10.4. The SMILES string of the molecule is COCOSOC(C)CCC(N)=O. The number of primary amides is 1. The molecular weight excluding hydrogens is 194 g/mol. The highest BCUT2D eigenvalue weighted by Gasteiger charge is 2.05. The van der Waals surface area contributed by atoms with Crippen LogP contribution in [0, 0.1) is 0 Å². The minimum atomic E-state index is -0.321. The van der Waals surface area contributed by atoms with E-state index >= 15 is 0 Å². The smallest absolute Gasteiger partial charge is 0.217 e. The van der Waals surface area contributed by atoms with Crippen LogP contribution in [0.5, 0.6) is 0 Å². The van der Waals surface area contributed by atoms with Gasteiger partial charge in [-0.3, -0.25) is 13.2 Å². The predicted molar refractivity (Wildman–Crippen MR) is 49.5 cm³/mol. The first-order valence-corrected chi connectivity index (χ1v) is 4.55. The van der Waals surface area contributed by atoms with Gasteiger partial charge in [-0.15, -0.1) is 0 Å². The summed E-state index contributed by atoms with van der Waals surface area (Å²) in [5, 5.41) is 0. The molecule has 0 saturated heterocycles. The molecule has 6 heteroatoms. The van der Waals surface area contributed by atoms with E-state index in [0.29, 0.717) is 12.8 Å². The van der Waals surface area contributed by atoms with Crippen LogP contribution in [-0.2, 0) is 17.9 Å². The Morgan fingerprint density at radius 2 is 2.31 bits per heavy atom. The molecule has 0 aromatic carbocycles. The van der Waals surface area contributed by atoms with Crippen molar-refractivity contribution in [1.82, 2.24) is 0 Å². The molecule has 13 heavy (non-hydrogen) atoms. The molecule has 0 saturated carbocycles. The molecule has 1 atom stereocenters. The zero-order valence-corrected chi connectivity index (χ0v) is 8.63. The van der Waals surface area contributed by atoms with Gasteiger partial charge in [-0.1, -0.05) is 0 Å². The van der Waals surface area contributed by atoms with E-state index < -0.39 is 0 Å². The Morgan fingerprint density at radius 3 is 2.85 bits per heavy atom. The average molecular weight is 209 g/mol. The average Bonchev–Trinajstić information content (AvgIpc) is 2.09. The molecule has 1 unspecified atom stereocenters. The van der Waals surface area contributed by atoms with Gasteiger partial charge in [0, 0.05) is 13.5 Å². The fourth-order valence-corrected chi connectivity index (χ4v) is 0.978. The molecule has 0 radical (unpaired) electrons. The molecule has 0 spiro atoms. The molecule has 0 rings (SSSR count). The van der Waals surface area contributed by atoms with Crippen LogP contribution in [-0.4, -0.2) is 25.9 Å². The van der Waals surface area contributed by atoms with Crippen molar-refractivity contribution in [2.75, 3.05) is 13.9 Å². The Bertz CT molecular complexity index is 144. The lowest BCUT2D eigenvalue weighted by Crippen LogP contribution is -2.14. The summed E-state index contributed by atoms with van der Waals surface area (Å²) in [5.41, 5.74) is 4.96. The molecule has 0 aliphatic heterocycles. The quantitative estimate of drug-likeness (QED) is 0.364. The van der Waals surface area contributed by atoms with Gasteiger partial charge in [0.25, 0.3) is 0 Å². The molecule has 0 aliphatic rings. The van der Waals surface area contributed by atoms with Gasteiger partial charge in [0.1, 0.15) is 0 Å². The first-order valence-electron chi connectivity index (χ1n) is 3.89. The van der Waals surface area contributed by atoms with Crippen LogP contribution in [0.4, 0.5) is 0 Å². The van der Waals surface area contributed by atoms with Crippen LogP contribution in [0.25, 0.3) is 0 Å². The summed E-state index contributed by atoms with van der Waals surface area (Å²) >= 11 is 0.860. The van der Waals surface area contributed by atoms with Crippen molar-refractivity contribution in [3.63, 3.8) is 0 Å². The van der Waals surface area contributed by atoms with Gasteiger partial charge in [-0.25, -0.2) is 0 Å². The molecule has 0 aliphatic carbocycles. The Morgan fingerprint density at radius 1 is 1.62 bits per heavy atom. The molecule has 1 amide bonds. The topological polar surface area (TPSA) is 70.8 Å². The summed E-state index contributed by atoms with van der Waals surface area (Å²) in [6, 6.07) is 0. The van der Waals surface area contributed by atoms with Crippen molar-refractivity contribution in [1.29, 1.82) is 0 Å². The van der Waals surface area contributed by atoms with Crippen molar-refractivity contribution >= 4 is 18.2 Å². The van der Waals surface area contributed by atoms with Crippen molar-refractivity contribution in [2.24, 2.45) is 5.73 Å². The highest BCUT2D eigenvalue weighted by atomic mass is 32.2. The number of carbonyl (C=O) groups is 1. The fraction of sp³-hybridized carbons (Fsp3) is 0.857. The van der Waals surface area contributed by atoms with Crippen molar-refractivity contribution in [3.8, 4) is 0 Å². The van der Waals surface area contributed by atoms with Gasteiger partial charge < -0.3 is 10.5 Å². The molecule has 0 aromatic rings. The van der Waals surface area contributed by atoms with Crippen molar-refractivity contribution in [3.05, 3.63) is 0 Å². The monoisotopic (exact) mass is 209 g/mol. The Kier molecular flexibility index (Phi) is 8.11. The summed E-state index contributed by atoms with van der Waals surface area (Å²) in [5.74, 6) is -0.321. The second kappa shape index (κ2) is 8.31. The molecular formula is C7H15NO4S. The van der Waals surface area contributed by atoms with E-state index in [1.54, 1.807) is 0 Å². The molecule has 78 valence electrons. The lowest BCUT2D eigenvalue weighted by Gasteiger charge is -2.09. The summed E-state index contributed by atoms with van der Waals surface area (Å²) < 4.78 is 14.5. The molecule has 2 N–H and O–H groups in total. The zero-order chi connectivity index (χ0) is 10.1. The summed E-state index contributed by atoms with van der Waals surface area (Å²) in [4.78, 5) is 10.4. The highest BCUT2D eigenvalue weighted by molar-refractivity contribution is 7.89. The third-order valence-corrected chi connectivity index (χ3v) is 1.81. The molecule has 5 nitrogen and oxygen atoms in total. The van der Waals surface area contributed by atoms with Gasteiger partial charge >= 0.3 is 0 Å². The number of rotatable bonds is 8. The molecule has 0 heterocycles. The van der Waals surface area contributed by atoms with Gasteiger partial charge in [0.15, 0.2) is 19.1 Å².